The molecule has 0 aliphatic heterocycles. The fourth-order valence-corrected chi connectivity index (χ4v) is 2.12. The summed E-state index contributed by atoms with van der Waals surface area (Å²) >= 11 is 0. The quantitative estimate of drug-likeness (QED) is 0.721. The summed E-state index contributed by atoms with van der Waals surface area (Å²) in [6.07, 6.45) is 1.76. The Balaban J connectivity index is 1.58. The van der Waals surface area contributed by atoms with E-state index in [1.165, 1.54) is 12.1 Å². The van der Waals surface area contributed by atoms with E-state index in [1.807, 2.05) is 30.3 Å². The molecular weight excluding hydrogens is 267 g/mol. The van der Waals surface area contributed by atoms with Crippen LogP contribution in [0.2, 0.25) is 0 Å². The highest BCUT2D eigenvalue weighted by molar-refractivity contribution is 5.84. The molecule has 0 spiro atoms. The molecule has 0 amide bonds. The number of aromatic nitrogens is 1. The lowest BCUT2D eigenvalue weighted by atomic mass is 10.2. The number of nitrogens with zero attached hydrogens (tertiary/aromatic N) is 1. The number of hydrogen-bond donors (Lipinski definition) is 1. The van der Waals surface area contributed by atoms with Crippen LogP contribution in [0.25, 0.3) is 10.9 Å². The second kappa shape index (κ2) is 6.22. The van der Waals surface area contributed by atoms with Gasteiger partial charge in [0.1, 0.15) is 23.7 Å². The molecule has 0 radical (unpaired) electrons. The summed E-state index contributed by atoms with van der Waals surface area (Å²) in [6, 6.07) is 16.0. The van der Waals surface area contributed by atoms with Crippen LogP contribution in [0.5, 0.6) is 5.75 Å². The summed E-state index contributed by atoms with van der Waals surface area (Å²) in [5.74, 6) is 0.535. The molecular formula is C17H15FN2O. The summed E-state index contributed by atoms with van der Waals surface area (Å²) in [4.78, 5) is 4.34. The van der Waals surface area contributed by atoms with Crippen molar-refractivity contribution in [1.82, 2.24) is 4.98 Å². The molecule has 1 aromatic heterocycles. The minimum atomic E-state index is -0.237. The highest BCUT2D eigenvalue weighted by Crippen LogP contribution is 2.22. The van der Waals surface area contributed by atoms with Crippen molar-refractivity contribution in [2.75, 3.05) is 18.5 Å². The first kappa shape index (κ1) is 13.4. The van der Waals surface area contributed by atoms with Crippen LogP contribution in [0, 0.1) is 5.82 Å². The average Bonchev–Trinajstić information content (AvgIpc) is 2.53. The third kappa shape index (κ3) is 3.28. The van der Waals surface area contributed by atoms with Crippen molar-refractivity contribution >= 4 is 16.6 Å². The van der Waals surface area contributed by atoms with E-state index >= 15 is 0 Å². The van der Waals surface area contributed by atoms with E-state index in [4.69, 9.17) is 4.74 Å². The highest BCUT2D eigenvalue weighted by atomic mass is 19.1. The summed E-state index contributed by atoms with van der Waals surface area (Å²) in [7, 11) is 0. The molecule has 2 aromatic carbocycles. The van der Waals surface area contributed by atoms with Gasteiger partial charge in [-0.2, -0.15) is 0 Å². The van der Waals surface area contributed by atoms with E-state index in [-0.39, 0.29) is 5.82 Å². The molecule has 0 aliphatic rings. The molecule has 0 atom stereocenters. The normalized spacial score (nSPS) is 10.5. The summed E-state index contributed by atoms with van der Waals surface area (Å²) in [5.41, 5.74) is 1.73. The smallest absolute Gasteiger partial charge is 0.145 e. The molecule has 3 aromatic rings. The fraction of sp³-hybridized carbons (Fsp3) is 0.118. The van der Waals surface area contributed by atoms with Crippen LogP contribution in [0.15, 0.2) is 60.8 Å². The SMILES string of the molecule is Fc1ccc(NCCOc2cccc3cccnc23)cc1. The Kier molecular flexibility index (Phi) is 3.96. The Hall–Kier alpha value is -2.62. The van der Waals surface area contributed by atoms with Crippen molar-refractivity contribution in [2.45, 2.75) is 0 Å². The zero-order valence-electron chi connectivity index (χ0n) is 11.4. The number of pyridine rings is 1. The predicted molar refractivity (Wildman–Crippen MR) is 82.1 cm³/mol. The first-order valence-corrected chi connectivity index (χ1v) is 6.79. The lowest BCUT2D eigenvalue weighted by Crippen LogP contribution is -2.11. The average molecular weight is 282 g/mol. The van der Waals surface area contributed by atoms with Crippen molar-refractivity contribution in [2.24, 2.45) is 0 Å². The number of anilines is 1. The number of halogens is 1. The van der Waals surface area contributed by atoms with Crippen LogP contribution in [-0.4, -0.2) is 18.1 Å². The molecule has 0 bridgehead atoms. The molecule has 0 saturated carbocycles. The minimum absolute atomic E-state index is 0.237. The lowest BCUT2D eigenvalue weighted by molar-refractivity contribution is 0.336. The van der Waals surface area contributed by atoms with Gasteiger partial charge in [0.2, 0.25) is 0 Å². The van der Waals surface area contributed by atoms with E-state index in [2.05, 4.69) is 10.3 Å². The van der Waals surface area contributed by atoms with Crippen molar-refractivity contribution in [3.8, 4) is 5.75 Å². The number of fused-ring (bicyclic) bond motifs is 1. The van der Waals surface area contributed by atoms with Crippen LogP contribution >= 0.6 is 0 Å². The maximum atomic E-state index is 12.8. The topological polar surface area (TPSA) is 34.1 Å². The Morgan fingerprint density at radius 2 is 1.81 bits per heavy atom. The van der Waals surface area contributed by atoms with Gasteiger partial charge in [0, 0.05) is 23.8 Å². The molecule has 1 heterocycles. The highest BCUT2D eigenvalue weighted by Gasteiger charge is 2.02. The Labute approximate surface area is 122 Å². The van der Waals surface area contributed by atoms with Crippen LogP contribution < -0.4 is 10.1 Å². The zero-order valence-corrected chi connectivity index (χ0v) is 11.4. The fourth-order valence-electron chi connectivity index (χ4n) is 2.12. The van der Waals surface area contributed by atoms with Gasteiger partial charge < -0.3 is 10.1 Å². The Morgan fingerprint density at radius 3 is 2.67 bits per heavy atom. The van der Waals surface area contributed by atoms with E-state index in [0.29, 0.717) is 13.2 Å². The molecule has 0 fully saturated rings. The van der Waals surface area contributed by atoms with Gasteiger partial charge >= 0.3 is 0 Å². The number of ether oxygens (including phenoxy) is 1. The molecule has 21 heavy (non-hydrogen) atoms. The molecule has 1 N–H and O–H groups in total. The van der Waals surface area contributed by atoms with Gasteiger partial charge in [-0.1, -0.05) is 18.2 Å². The lowest BCUT2D eigenvalue weighted by Gasteiger charge is -2.10. The monoisotopic (exact) mass is 282 g/mol. The van der Waals surface area contributed by atoms with Crippen molar-refractivity contribution in [1.29, 1.82) is 0 Å². The van der Waals surface area contributed by atoms with Gasteiger partial charge in [-0.3, -0.25) is 4.98 Å². The molecule has 0 saturated heterocycles. The maximum Gasteiger partial charge on any atom is 0.145 e. The summed E-state index contributed by atoms with van der Waals surface area (Å²) in [6.45, 7) is 1.14. The molecule has 3 nitrogen and oxygen atoms in total. The number of benzene rings is 2. The largest absolute Gasteiger partial charge is 0.489 e. The first-order chi connectivity index (χ1) is 10.3. The Morgan fingerprint density at radius 1 is 1.00 bits per heavy atom. The third-order valence-electron chi connectivity index (χ3n) is 3.13. The van der Waals surface area contributed by atoms with Gasteiger partial charge in [0.25, 0.3) is 0 Å². The van der Waals surface area contributed by atoms with Crippen LogP contribution in [0.3, 0.4) is 0 Å². The molecule has 0 aliphatic carbocycles. The van der Waals surface area contributed by atoms with Crippen LogP contribution in [0.4, 0.5) is 10.1 Å². The van der Waals surface area contributed by atoms with Gasteiger partial charge in [-0.15, -0.1) is 0 Å². The minimum Gasteiger partial charge on any atom is -0.489 e. The summed E-state index contributed by atoms with van der Waals surface area (Å²) in [5, 5.41) is 4.24. The van der Waals surface area contributed by atoms with Crippen molar-refractivity contribution in [3.63, 3.8) is 0 Å². The number of hydrogen-bond acceptors (Lipinski definition) is 3. The van der Waals surface area contributed by atoms with E-state index in [0.717, 1.165) is 22.3 Å². The van der Waals surface area contributed by atoms with Gasteiger partial charge in [0.15, 0.2) is 0 Å². The van der Waals surface area contributed by atoms with Gasteiger partial charge in [0.05, 0.1) is 0 Å². The van der Waals surface area contributed by atoms with E-state index < -0.39 is 0 Å². The molecule has 106 valence electrons. The number of para-hydroxylation sites is 1. The van der Waals surface area contributed by atoms with E-state index in [1.54, 1.807) is 18.3 Å². The molecule has 3 rings (SSSR count). The zero-order chi connectivity index (χ0) is 14.5. The second-order valence-corrected chi connectivity index (χ2v) is 4.61. The standard InChI is InChI=1S/C17H15FN2O/c18-14-6-8-15(9-7-14)19-11-12-21-16-5-1-3-13-4-2-10-20-17(13)16/h1-10,19H,11-12H2. The third-order valence-corrected chi connectivity index (χ3v) is 3.13. The van der Waals surface area contributed by atoms with E-state index in [9.17, 15) is 4.39 Å². The number of nitrogens with one attached hydrogen (secondary N) is 1. The molecule has 4 heteroatoms. The van der Waals surface area contributed by atoms with Gasteiger partial charge in [-0.25, -0.2) is 4.39 Å². The van der Waals surface area contributed by atoms with Gasteiger partial charge in [-0.05, 0) is 36.4 Å². The van der Waals surface area contributed by atoms with Crippen molar-refractivity contribution < 1.29 is 9.13 Å². The van der Waals surface area contributed by atoms with Crippen LogP contribution in [-0.2, 0) is 0 Å². The van der Waals surface area contributed by atoms with Crippen molar-refractivity contribution in [3.05, 3.63) is 66.6 Å². The predicted octanol–water partition coefficient (Wildman–Crippen LogP) is 3.86. The molecule has 0 unspecified atom stereocenters. The second-order valence-electron chi connectivity index (χ2n) is 4.61. The maximum absolute atomic E-state index is 12.8. The number of rotatable bonds is 5. The Bertz CT molecular complexity index is 723. The summed E-state index contributed by atoms with van der Waals surface area (Å²) < 4.78 is 18.6. The van der Waals surface area contributed by atoms with Crippen LogP contribution in [0.1, 0.15) is 0 Å². The first-order valence-electron chi connectivity index (χ1n) is 6.79.